The molecule has 0 aromatic heterocycles. The van der Waals surface area contributed by atoms with Crippen LogP contribution in [0.5, 0.6) is 0 Å². The van der Waals surface area contributed by atoms with Gasteiger partial charge in [0.15, 0.2) is 0 Å². The Morgan fingerprint density at radius 3 is 2.50 bits per heavy atom. The summed E-state index contributed by atoms with van der Waals surface area (Å²) in [7, 11) is 4.27. The minimum atomic E-state index is 0.788. The van der Waals surface area contributed by atoms with Crippen molar-refractivity contribution in [3.05, 3.63) is 0 Å². The summed E-state index contributed by atoms with van der Waals surface area (Å²) in [6.45, 7) is 8.36. The zero-order valence-electron chi connectivity index (χ0n) is 11.3. The van der Waals surface area contributed by atoms with E-state index in [0.717, 1.165) is 18.4 Å². The second kappa shape index (κ2) is 8.04. The van der Waals surface area contributed by atoms with E-state index in [1.165, 1.54) is 45.4 Å². The average Bonchev–Trinajstić information content (AvgIpc) is 2.30. The van der Waals surface area contributed by atoms with Gasteiger partial charge in [0.2, 0.25) is 0 Å². The fourth-order valence-electron chi connectivity index (χ4n) is 2.41. The highest BCUT2D eigenvalue weighted by Gasteiger charge is 2.16. The molecule has 1 rings (SSSR count). The topological polar surface area (TPSA) is 27.3 Å². The van der Waals surface area contributed by atoms with Gasteiger partial charge in [-0.15, -0.1) is 0 Å². The highest BCUT2D eigenvalue weighted by molar-refractivity contribution is 4.72. The van der Waals surface area contributed by atoms with E-state index >= 15 is 0 Å². The van der Waals surface area contributed by atoms with E-state index in [-0.39, 0.29) is 0 Å². The summed E-state index contributed by atoms with van der Waals surface area (Å²) in [5, 5.41) is 6.91. The average molecular weight is 227 g/mol. The van der Waals surface area contributed by atoms with Crippen LogP contribution in [0.15, 0.2) is 0 Å². The van der Waals surface area contributed by atoms with E-state index in [9.17, 15) is 0 Å². The number of nitrogens with zero attached hydrogens (tertiary/aromatic N) is 1. The Hall–Kier alpha value is -0.120. The summed E-state index contributed by atoms with van der Waals surface area (Å²) >= 11 is 0. The lowest BCUT2D eigenvalue weighted by Crippen LogP contribution is -2.37. The van der Waals surface area contributed by atoms with E-state index in [0.29, 0.717) is 0 Å². The molecule has 0 aliphatic carbocycles. The first kappa shape index (κ1) is 13.9. The molecule has 0 saturated carbocycles. The van der Waals surface area contributed by atoms with E-state index in [2.05, 4.69) is 29.5 Å². The molecule has 1 heterocycles. The summed E-state index contributed by atoms with van der Waals surface area (Å²) in [5.41, 5.74) is 0. The van der Waals surface area contributed by atoms with Crippen LogP contribution in [0, 0.1) is 11.8 Å². The maximum absolute atomic E-state index is 3.65. The lowest BCUT2D eigenvalue weighted by molar-refractivity contribution is 0.214. The number of rotatable bonds is 7. The number of nitrogens with one attached hydrogen (secondary N) is 2. The molecule has 0 amide bonds. The molecule has 1 saturated heterocycles. The first-order valence-corrected chi connectivity index (χ1v) is 6.80. The Bertz CT molecular complexity index is 165. The normalized spacial score (nSPS) is 21.2. The maximum atomic E-state index is 3.65. The Kier molecular flexibility index (Phi) is 7.01. The zero-order chi connectivity index (χ0) is 11.8. The van der Waals surface area contributed by atoms with Crippen molar-refractivity contribution in [1.29, 1.82) is 0 Å². The molecule has 1 aliphatic rings. The van der Waals surface area contributed by atoms with Gasteiger partial charge < -0.3 is 15.5 Å². The van der Waals surface area contributed by atoms with Gasteiger partial charge in [-0.2, -0.15) is 0 Å². The largest absolute Gasteiger partial charge is 0.319 e. The van der Waals surface area contributed by atoms with Crippen LogP contribution in [-0.2, 0) is 0 Å². The number of hydrogen-bond acceptors (Lipinski definition) is 3. The molecule has 3 heteroatoms. The summed E-state index contributed by atoms with van der Waals surface area (Å²) in [6.07, 6.45) is 4.00. The molecule has 2 N–H and O–H groups in total. The second-order valence-electron chi connectivity index (χ2n) is 5.24. The fraction of sp³-hybridized carbons (Fsp3) is 1.00. The Morgan fingerprint density at radius 2 is 1.94 bits per heavy atom. The molecule has 0 aromatic carbocycles. The van der Waals surface area contributed by atoms with Crippen molar-refractivity contribution >= 4 is 0 Å². The van der Waals surface area contributed by atoms with Crippen molar-refractivity contribution < 1.29 is 0 Å². The molecular weight excluding hydrogens is 198 g/mol. The van der Waals surface area contributed by atoms with Crippen LogP contribution >= 0.6 is 0 Å². The number of hydrogen-bond donors (Lipinski definition) is 2. The monoisotopic (exact) mass is 227 g/mol. The van der Waals surface area contributed by atoms with Crippen LogP contribution in [-0.4, -0.2) is 51.7 Å². The van der Waals surface area contributed by atoms with Crippen molar-refractivity contribution in [1.82, 2.24) is 15.5 Å². The van der Waals surface area contributed by atoms with Crippen LogP contribution in [0.4, 0.5) is 0 Å². The summed E-state index contributed by atoms with van der Waals surface area (Å²) in [5.74, 6) is 1.69. The highest BCUT2D eigenvalue weighted by Crippen LogP contribution is 2.14. The minimum Gasteiger partial charge on any atom is -0.319 e. The fourth-order valence-corrected chi connectivity index (χ4v) is 2.41. The predicted molar refractivity (Wildman–Crippen MR) is 70.8 cm³/mol. The van der Waals surface area contributed by atoms with Gasteiger partial charge in [-0.3, -0.25) is 0 Å². The Labute approximate surface area is 101 Å². The lowest BCUT2D eigenvalue weighted by Gasteiger charge is -2.29. The third-order valence-corrected chi connectivity index (χ3v) is 3.77. The molecule has 16 heavy (non-hydrogen) atoms. The Morgan fingerprint density at radius 1 is 1.25 bits per heavy atom. The van der Waals surface area contributed by atoms with Crippen LogP contribution in [0.25, 0.3) is 0 Å². The molecule has 1 unspecified atom stereocenters. The zero-order valence-corrected chi connectivity index (χ0v) is 11.3. The van der Waals surface area contributed by atoms with Gasteiger partial charge >= 0.3 is 0 Å². The molecule has 0 bridgehead atoms. The van der Waals surface area contributed by atoms with Gasteiger partial charge in [-0.05, 0) is 71.5 Å². The third kappa shape index (κ3) is 5.28. The highest BCUT2D eigenvalue weighted by atomic mass is 15.1. The SMILES string of the molecule is CCC(CNC)CNCC1CCN(C)CC1. The van der Waals surface area contributed by atoms with Gasteiger partial charge in [0.05, 0.1) is 0 Å². The quantitative estimate of drug-likeness (QED) is 0.683. The first-order chi connectivity index (χ1) is 7.76. The van der Waals surface area contributed by atoms with Gasteiger partial charge in [0.1, 0.15) is 0 Å². The van der Waals surface area contributed by atoms with Crippen LogP contribution in [0.2, 0.25) is 0 Å². The summed E-state index contributed by atoms with van der Waals surface area (Å²) < 4.78 is 0. The van der Waals surface area contributed by atoms with Gasteiger partial charge in [-0.25, -0.2) is 0 Å². The van der Waals surface area contributed by atoms with Crippen LogP contribution in [0.3, 0.4) is 0 Å². The number of likely N-dealkylation sites (tertiary alicyclic amines) is 1. The van der Waals surface area contributed by atoms with E-state index in [4.69, 9.17) is 0 Å². The molecule has 1 atom stereocenters. The lowest BCUT2D eigenvalue weighted by atomic mass is 9.97. The van der Waals surface area contributed by atoms with Crippen molar-refractivity contribution in [3.8, 4) is 0 Å². The molecular formula is C13H29N3. The standard InChI is InChI=1S/C13H29N3/c1-4-12(9-14-2)10-15-11-13-5-7-16(3)8-6-13/h12-15H,4-11H2,1-3H3. The van der Waals surface area contributed by atoms with Crippen molar-refractivity contribution in [2.45, 2.75) is 26.2 Å². The van der Waals surface area contributed by atoms with Gasteiger partial charge in [-0.1, -0.05) is 13.3 Å². The summed E-state index contributed by atoms with van der Waals surface area (Å²) in [6, 6.07) is 0. The second-order valence-corrected chi connectivity index (χ2v) is 5.24. The molecule has 3 nitrogen and oxygen atoms in total. The van der Waals surface area contributed by atoms with E-state index < -0.39 is 0 Å². The maximum Gasteiger partial charge on any atom is -0.000837 e. The van der Waals surface area contributed by atoms with Crippen LogP contribution < -0.4 is 10.6 Å². The molecule has 0 radical (unpaired) electrons. The number of piperidine rings is 1. The Balaban J connectivity index is 2.05. The van der Waals surface area contributed by atoms with Crippen LogP contribution in [0.1, 0.15) is 26.2 Å². The molecule has 0 spiro atoms. The molecule has 96 valence electrons. The van der Waals surface area contributed by atoms with Gasteiger partial charge in [0, 0.05) is 0 Å². The van der Waals surface area contributed by atoms with Crippen molar-refractivity contribution in [2.24, 2.45) is 11.8 Å². The van der Waals surface area contributed by atoms with E-state index in [1.807, 2.05) is 7.05 Å². The molecule has 1 fully saturated rings. The minimum absolute atomic E-state index is 0.788. The molecule has 1 aliphatic heterocycles. The smallest absolute Gasteiger partial charge is 0.000837 e. The molecule has 0 aromatic rings. The van der Waals surface area contributed by atoms with Gasteiger partial charge in [0.25, 0.3) is 0 Å². The van der Waals surface area contributed by atoms with E-state index in [1.54, 1.807) is 0 Å². The third-order valence-electron chi connectivity index (χ3n) is 3.77. The first-order valence-electron chi connectivity index (χ1n) is 6.80. The predicted octanol–water partition coefficient (Wildman–Crippen LogP) is 1.16. The van der Waals surface area contributed by atoms with Crippen molar-refractivity contribution in [2.75, 3.05) is 46.8 Å². The summed E-state index contributed by atoms with van der Waals surface area (Å²) in [4.78, 5) is 2.44. The van der Waals surface area contributed by atoms with Crippen molar-refractivity contribution in [3.63, 3.8) is 0 Å².